The number of amides is 2. The molecule has 1 rings (SSSR count). The average molecular weight is 232 g/mol. The van der Waals surface area contributed by atoms with Crippen molar-refractivity contribution in [1.29, 1.82) is 0 Å². The van der Waals surface area contributed by atoms with Crippen molar-refractivity contribution in [3.05, 3.63) is 0 Å². The molecule has 2 amide bonds. The molecule has 0 bridgehead atoms. The summed E-state index contributed by atoms with van der Waals surface area (Å²) in [5, 5.41) is 18.3. The first-order chi connectivity index (χ1) is 7.58. The lowest BCUT2D eigenvalue weighted by Crippen LogP contribution is -2.45. The van der Waals surface area contributed by atoms with E-state index in [2.05, 4.69) is 0 Å². The van der Waals surface area contributed by atoms with E-state index in [9.17, 15) is 14.7 Å². The maximum Gasteiger partial charge on any atom is 0.324 e. The molecule has 0 spiro atoms. The molecular weight excluding hydrogens is 216 g/mol. The van der Waals surface area contributed by atoms with Crippen molar-refractivity contribution in [2.24, 2.45) is 0 Å². The van der Waals surface area contributed by atoms with Crippen LogP contribution in [0, 0.1) is 0 Å². The summed E-state index contributed by atoms with van der Waals surface area (Å²) in [6.45, 7) is 0.388. The molecule has 92 valence electrons. The highest BCUT2D eigenvalue weighted by Gasteiger charge is 2.47. The summed E-state index contributed by atoms with van der Waals surface area (Å²) in [6.07, 6.45) is 0. The SMILES string of the molecule is COCN1C(=O)N(CO)C(C(C)=O)C1CO. The van der Waals surface area contributed by atoms with E-state index in [0.717, 1.165) is 4.90 Å². The molecule has 1 heterocycles. The number of aliphatic hydroxyl groups is 2. The van der Waals surface area contributed by atoms with E-state index in [0.29, 0.717) is 0 Å². The molecule has 0 aliphatic carbocycles. The van der Waals surface area contributed by atoms with Gasteiger partial charge in [0.2, 0.25) is 0 Å². The summed E-state index contributed by atoms with van der Waals surface area (Å²) in [5.41, 5.74) is 0. The van der Waals surface area contributed by atoms with Crippen LogP contribution >= 0.6 is 0 Å². The van der Waals surface area contributed by atoms with Gasteiger partial charge in [0.05, 0.1) is 12.6 Å². The summed E-state index contributed by atoms with van der Waals surface area (Å²) in [7, 11) is 1.41. The minimum absolute atomic E-state index is 0.0235. The number of Topliss-reactive ketones (excluding diaryl/α,β-unsaturated/α-hetero) is 1. The standard InChI is InChI=1S/C9H16N2O5/c1-6(14)8-7(3-12)11(5-16-2)9(15)10(8)4-13/h7-8,12-13H,3-5H2,1-2H3. The van der Waals surface area contributed by atoms with E-state index in [1.807, 2.05) is 0 Å². The van der Waals surface area contributed by atoms with E-state index in [1.54, 1.807) is 0 Å². The monoisotopic (exact) mass is 232 g/mol. The number of hydrogen-bond acceptors (Lipinski definition) is 5. The first kappa shape index (κ1) is 12.9. The highest BCUT2D eigenvalue weighted by molar-refractivity contribution is 5.91. The molecule has 0 aromatic heterocycles. The van der Waals surface area contributed by atoms with Crippen LogP contribution in [0.15, 0.2) is 0 Å². The number of carbonyl (C=O) groups excluding carboxylic acids is 2. The largest absolute Gasteiger partial charge is 0.394 e. The maximum absolute atomic E-state index is 11.8. The van der Waals surface area contributed by atoms with Crippen LogP contribution in [-0.4, -0.2) is 71.1 Å². The van der Waals surface area contributed by atoms with Crippen molar-refractivity contribution in [2.45, 2.75) is 19.0 Å². The quantitative estimate of drug-likeness (QED) is 0.608. The van der Waals surface area contributed by atoms with E-state index in [1.165, 1.54) is 18.9 Å². The van der Waals surface area contributed by atoms with Gasteiger partial charge in [0.1, 0.15) is 19.5 Å². The highest BCUT2D eigenvalue weighted by Crippen LogP contribution is 2.22. The fourth-order valence-electron chi connectivity index (χ4n) is 1.93. The van der Waals surface area contributed by atoms with Gasteiger partial charge in [-0.15, -0.1) is 0 Å². The fourth-order valence-corrected chi connectivity index (χ4v) is 1.93. The maximum atomic E-state index is 11.8. The van der Waals surface area contributed by atoms with Gasteiger partial charge >= 0.3 is 6.03 Å². The van der Waals surface area contributed by atoms with Crippen LogP contribution in [0.2, 0.25) is 0 Å². The van der Waals surface area contributed by atoms with Gasteiger partial charge in [0.25, 0.3) is 0 Å². The number of urea groups is 1. The van der Waals surface area contributed by atoms with Crippen molar-refractivity contribution >= 4 is 11.8 Å². The topological polar surface area (TPSA) is 90.3 Å². The smallest absolute Gasteiger partial charge is 0.324 e. The second-order valence-electron chi connectivity index (χ2n) is 3.59. The Labute approximate surface area is 93.2 Å². The molecule has 0 saturated carbocycles. The predicted octanol–water partition coefficient (Wildman–Crippen LogP) is -1.40. The third-order valence-electron chi connectivity index (χ3n) is 2.62. The molecule has 7 nitrogen and oxygen atoms in total. The second-order valence-corrected chi connectivity index (χ2v) is 3.59. The number of hydrogen-bond donors (Lipinski definition) is 2. The van der Waals surface area contributed by atoms with Crippen LogP contribution in [0.3, 0.4) is 0 Å². The summed E-state index contributed by atoms with van der Waals surface area (Å²) in [4.78, 5) is 25.4. The molecular formula is C9H16N2O5. The minimum Gasteiger partial charge on any atom is -0.394 e. The molecule has 1 aliphatic rings. The van der Waals surface area contributed by atoms with Gasteiger partial charge in [0, 0.05) is 7.11 Å². The van der Waals surface area contributed by atoms with Gasteiger partial charge < -0.3 is 14.9 Å². The summed E-state index contributed by atoms with van der Waals surface area (Å²) in [6, 6.07) is -2.00. The van der Waals surface area contributed by atoms with Crippen LogP contribution in [0.25, 0.3) is 0 Å². The lowest BCUT2D eigenvalue weighted by molar-refractivity contribution is -0.123. The molecule has 7 heteroatoms. The Bertz CT molecular complexity index is 283. The third kappa shape index (κ3) is 2.01. The highest BCUT2D eigenvalue weighted by atomic mass is 16.5. The Hall–Kier alpha value is -1.18. The molecule has 0 aromatic carbocycles. The second kappa shape index (κ2) is 5.24. The Morgan fingerprint density at radius 2 is 2.06 bits per heavy atom. The van der Waals surface area contributed by atoms with Crippen LogP contribution in [0.4, 0.5) is 4.79 Å². The zero-order valence-corrected chi connectivity index (χ0v) is 9.29. The van der Waals surface area contributed by atoms with Gasteiger partial charge in [-0.1, -0.05) is 0 Å². The lowest BCUT2D eigenvalue weighted by atomic mass is 10.1. The Balaban J connectivity index is 2.98. The van der Waals surface area contributed by atoms with Crippen LogP contribution in [-0.2, 0) is 9.53 Å². The van der Waals surface area contributed by atoms with Crippen molar-refractivity contribution in [2.75, 3.05) is 27.2 Å². The summed E-state index contributed by atoms with van der Waals surface area (Å²) < 4.78 is 4.82. The molecule has 1 fully saturated rings. The van der Waals surface area contributed by atoms with Crippen molar-refractivity contribution in [3.63, 3.8) is 0 Å². The number of methoxy groups -OCH3 is 1. The molecule has 1 aliphatic heterocycles. The molecule has 2 N–H and O–H groups in total. The first-order valence-electron chi connectivity index (χ1n) is 4.86. The normalized spacial score (nSPS) is 25.4. The van der Waals surface area contributed by atoms with Crippen molar-refractivity contribution in [1.82, 2.24) is 9.80 Å². The average Bonchev–Trinajstić information content (AvgIpc) is 2.52. The number of ether oxygens (including phenoxy) is 1. The molecule has 1 saturated heterocycles. The zero-order valence-electron chi connectivity index (χ0n) is 9.29. The van der Waals surface area contributed by atoms with Crippen LogP contribution < -0.4 is 0 Å². The number of rotatable bonds is 5. The van der Waals surface area contributed by atoms with Crippen LogP contribution in [0.1, 0.15) is 6.92 Å². The summed E-state index contributed by atoms with van der Waals surface area (Å²) in [5.74, 6) is -0.278. The van der Waals surface area contributed by atoms with Crippen molar-refractivity contribution < 1.29 is 24.5 Å². The minimum atomic E-state index is -0.822. The molecule has 16 heavy (non-hydrogen) atoms. The molecule has 2 unspecified atom stereocenters. The Morgan fingerprint density at radius 1 is 1.44 bits per heavy atom. The fraction of sp³-hybridized carbons (Fsp3) is 0.778. The Morgan fingerprint density at radius 3 is 2.44 bits per heavy atom. The zero-order chi connectivity index (χ0) is 12.3. The van der Waals surface area contributed by atoms with Crippen LogP contribution in [0.5, 0.6) is 0 Å². The molecule has 0 radical (unpaired) electrons. The van der Waals surface area contributed by atoms with Gasteiger partial charge in [0.15, 0.2) is 5.78 Å². The van der Waals surface area contributed by atoms with Gasteiger partial charge in [-0.05, 0) is 6.92 Å². The number of nitrogens with zero attached hydrogens (tertiary/aromatic N) is 2. The third-order valence-corrected chi connectivity index (χ3v) is 2.62. The summed E-state index contributed by atoms with van der Waals surface area (Å²) >= 11 is 0. The Kier molecular flexibility index (Phi) is 4.22. The predicted molar refractivity (Wildman–Crippen MR) is 53.4 cm³/mol. The number of ketones is 1. The first-order valence-corrected chi connectivity index (χ1v) is 4.86. The lowest BCUT2D eigenvalue weighted by Gasteiger charge is -2.23. The molecule has 0 aromatic rings. The van der Waals surface area contributed by atoms with E-state index in [4.69, 9.17) is 9.84 Å². The van der Waals surface area contributed by atoms with Gasteiger partial charge in [-0.25, -0.2) is 4.79 Å². The number of carbonyl (C=O) groups is 2. The van der Waals surface area contributed by atoms with E-state index < -0.39 is 24.8 Å². The van der Waals surface area contributed by atoms with Gasteiger partial charge in [-0.3, -0.25) is 14.6 Å². The molecule has 2 atom stereocenters. The van der Waals surface area contributed by atoms with Gasteiger partial charge in [-0.2, -0.15) is 0 Å². The van der Waals surface area contributed by atoms with E-state index in [-0.39, 0.29) is 19.1 Å². The number of aliphatic hydroxyl groups excluding tert-OH is 2. The van der Waals surface area contributed by atoms with Crippen molar-refractivity contribution in [3.8, 4) is 0 Å². The van der Waals surface area contributed by atoms with E-state index >= 15 is 0 Å².